The molecule has 124 valence electrons. The molecule has 0 bridgehead atoms. The fraction of sp³-hybridized carbons (Fsp3) is 0.368. The van der Waals surface area contributed by atoms with Crippen LogP contribution in [0.15, 0.2) is 53.9 Å². The van der Waals surface area contributed by atoms with Gasteiger partial charge in [0.25, 0.3) is 0 Å². The lowest BCUT2D eigenvalue weighted by molar-refractivity contribution is 0.209. The second kappa shape index (κ2) is 10.3. The molecule has 3 nitrogen and oxygen atoms in total. The van der Waals surface area contributed by atoms with Crippen LogP contribution in [0.25, 0.3) is 6.08 Å². The molecule has 4 heteroatoms. The van der Waals surface area contributed by atoms with Crippen molar-refractivity contribution >= 4 is 17.4 Å². The number of likely N-dealkylation sites (N-methyl/N-ethyl adjacent to an activating group) is 1. The first-order valence-electron chi connectivity index (χ1n) is 8.04. The van der Waals surface area contributed by atoms with Crippen LogP contribution in [0.4, 0.5) is 0 Å². The average molecular weight is 330 g/mol. The predicted molar refractivity (Wildman–Crippen MR) is 99.9 cm³/mol. The molecule has 0 aliphatic rings. The highest BCUT2D eigenvalue weighted by molar-refractivity contribution is 7.09. The van der Waals surface area contributed by atoms with Gasteiger partial charge in [0.2, 0.25) is 0 Å². The van der Waals surface area contributed by atoms with E-state index in [4.69, 9.17) is 5.11 Å². The zero-order chi connectivity index (χ0) is 16.3. The third kappa shape index (κ3) is 7.10. The molecule has 2 rings (SSSR count). The maximum absolute atomic E-state index is 9.08. The van der Waals surface area contributed by atoms with Crippen molar-refractivity contribution in [1.82, 2.24) is 10.2 Å². The standard InChI is InChI=1S/C19H26N2OS/c1-21(12-13-22)16-18(15-19-10-6-14-23-19)20-11-5-9-17-7-3-2-4-8-17/h2-10,14,18,20,22H,11-13,15-16H2,1H3/b9-5+. The molecule has 23 heavy (non-hydrogen) atoms. The third-order valence-corrected chi connectivity index (χ3v) is 4.57. The third-order valence-electron chi connectivity index (χ3n) is 3.68. The van der Waals surface area contributed by atoms with Gasteiger partial charge in [-0.3, -0.25) is 0 Å². The van der Waals surface area contributed by atoms with E-state index in [0.717, 1.165) is 19.5 Å². The van der Waals surface area contributed by atoms with Crippen molar-refractivity contribution in [2.24, 2.45) is 0 Å². The number of thiophene rings is 1. The first-order chi connectivity index (χ1) is 11.3. The van der Waals surface area contributed by atoms with Crippen molar-refractivity contribution < 1.29 is 5.11 Å². The summed E-state index contributed by atoms with van der Waals surface area (Å²) in [6.07, 6.45) is 5.34. The number of aliphatic hydroxyl groups excluding tert-OH is 1. The Morgan fingerprint density at radius 1 is 1.22 bits per heavy atom. The molecular weight excluding hydrogens is 304 g/mol. The minimum Gasteiger partial charge on any atom is -0.395 e. The molecular formula is C19H26N2OS. The van der Waals surface area contributed by atoms with Gasteiger partial charge in [0, 0.05) is 30.6 Å². The molecule has 1 heterocycles. The Kier molecular flexibility index (Phi) is 8.04. The minimum absolute atomic E-state index is 0.204. The second-order valence-electron chi connectivity index (χ2n) is 5.69. The van der Waals surface area contributed by atoms with Gasteiger partial charge < -0.3 is 15.3 Å². The molecule has 1 aromatic heterocycles. The first kappa shape index (κ1) is 17.9. The summed E-state index contributed by atoms with van der Waals surface area (Å²) in [5, 5.41) is 14.8. The maximum Gasteiger partial charge on any atom is 0.0558 e. The summed E-state index contributed by atoms with van der Waals surface area (Å²) in [5.74, 6) is 0. The van der Waals surface area contributed by atoms with E-state index in [1.165, 1.54) is 10.4 Å². The van der Waals surface area contributed by atoms with Crippen LogP contribution in [0.3, 0.4) is 0 Å². The van der Waals surface area contributed by atoms with Crippen LogP contribution in [0.5, 0.6) is 0 Å². The van der Waals surface area contributed by atoms with Crippen LogP contribution in [-0.2, 0) is 6.42 Å². The zero-order valence-electron chi connectivity index (χ0n) is 13.7. The van der Waals surface area contributed by atoms with Crippen LogP contribution in [0, 0.1) is 0 Å². The van der Waals surface area contributed by atoms with E-state index in [-0.39, 0.29) is 6.61 Å². The normalized spacial score (nSPS) is 13.0. The van der Waals surface area contributed by atoms with Gasteiger partial charge in [-0.25, -0.2) is 0 Å². The van der Waals surface area contributed by atoms with Gasteiger partial charge in [0.1, 0.15) is 0 Å². The van der Waals surface area contributed by atoms with Crippen molar-refractivity contribution in [2.45, 2.75) is 12.5 Å². The van der Waals surface area contributed by atoms with E-state index in [1.807, 2.05) is 6.07 Å². The summed E-state index contributed by atoms with van der Waals surface area (Å²) < 4.78 is 0. The molecule has 2 aromatic rings. The van der Waals surface area contributed by atoms with Crippen LogP contribution < -0.4 is 5.32 Å². The molecule has 0 spiro atoms. The quantitative estimate of drug-likeness (QED) is 0.703. The largest absolute Gasteiger partial charge is 0.395 e. The highest BCUT2D eigenvalue weighted by Crippen LogP contribution is 2.11. The molecule has 1 aromatic carbocycles. The topological polar surface area (TPSA) is 35.5 Å². The molecule has 0 amide bonds. The minimum atomic E-state index is 0.204. The van der Waals surface area contributed by atoms with Gasteiger partial charge in [-0.15, -0.1) is 11.3 Å². The molecule has 0 saturated heterocycles. The van der Waals surface area contributed by atoms with E-state index in [0.29, 0.717) is 12.6 Å². The Morgan fingerprint density at radius 3 is 2.74 bits per heavy atom. The van der Waals surface area contributed by atoms with Crippen molar-refractivity contribution in [1.29, 1.82) is 0 Å². The van der Waals surface area contributed by atoms with Crippen molar-refractivity contribution in [3.63, 3.8) is 0 Å². The summed E-state index contributed by atoms with van der Waals surface area (Å²) in [6.45, 7) is 2.69. The Hall–Kier alpha value is -1.46. The number of nitrogens with zero attached hydrogens (tertiary/aromatic N) is 1. The van der Waals surface area contributed by atoms with E-state index < -0.39 is 0 Å². The lowest BCUT2D eigenvalue weighted by atomic mass is 10.1. The van der Waals surface area contributed by atoms with Gasteiger partial charge in [-0.1, -0.05) is 48.6 Å². The van der Waals surface area contributed by atoms with E-state index in [9.17, 15) is 0 Å². The van der Waals surface area contributed by atoms with Gasteiger partial charge in [0.05, 0.1) is 6.61 Å². The monoisotopic (exact) mass is 330 g/mol. The number of hydrogen-bond donors (Lipinski definition) is 2. The predicted octanol–water partition coefficient (Wildman–Crippen LogP) is 2.89. The summed E-state index contributed by atoms with van der Waals surface area (Å²) in [5.41, 5.74) is 1.22. The Balaban J connectivity index is 1.84. The van der Waals surface area contributed by atoms with Gasteiger partial charge in [-0.2, -0.15) is 0 Å². The second-order valence-corrected chi connectivity index (χ2v) is 6.72. The van der Waals surface area contributed by atoms with Crippen LogP contribution >= 0.6 is 11.3 Å². The first-order valence-corrected chi connectivity index (χ1v) is 8.92. The average Bonchev–Trinajstić information content (AvgIpc) is 3.05. The van der Waals surface area contributed by atoms with E-state index in [2.05, 4.69) is 71.2 Å². The highest BCUT2D eigenvalue weighted by atomic mass is 32.1. The summed E-state index contributed by atoms with van der Waals surface area (Å²) in [7, 11) is 2.05. The molecule has 1 atom stereocenters. The molecule has 2 N–H and O–H groups in total. The number of aliphatic hydroxyl groups is 1. The van der Waals surface area contributed by atoms with Crippen LogP contribution in [-0.4, -0.2) is 49.3 Å². The smallest absolute Gasteiger partial charge is 0.0558 e. The van der Waals surface area contributed by atoms with E-state index >= 15 is 0 Å². The molecule has 0 aliphatic heterocycles. The van der Waals surface area contributed by atoms with Gasteiger partial charge in [-0.05, 0) is 30.5 Å². The number of benzene rings is 1. The summed E-state index contributed by atoms with van der Waals surface area (Å²) in [4.78, 5) is 3.57. The fourth-order valence-corrected chi connectivity index (χ4v) is 3.29. The number of hydrogen-bond acceptors (Lipinski definition) is 4. The van der Waals surface area contributed by atoms with Crippen LogP contribution in [0.1, 0.15) is 10.4 Å². The Bertz CT molecular complexity index is 554. The van der Waals surface area contributed by atoms with E-state index in [1.54, 1.807) is 11.3 Å². The molecule has 0 radical (unpaired) electrons. The maximum atomic E-state index is 9.08. The summed E-state index contributed by atoms with van der Waals surface area (Å²) in [6, 6.07) is 15.0. The van der Waals surface area contributed by atoms with Crippen LogP contribution in [0.2, 0.25) is 0 Å². The van der Waals surface area contributed by atoms with Crippen molar-refractivity contribution in [2.75, 3.05) is 33.3 Å². The van der Waals surface area contributed by atoms with Crippen molar-refractivity contribution in [3.8, 4) is 0 Å². The molecule has 0 fully saturated rings. The SMILES string of the molecule is CN(CCO)CC(Cc1cccs1)NC/C=C/c1ccccc1. The lowest BCUT2D eigenvalue weighted by Crippen LogP contribution is -2.41. The number of rotatable bonds is 10. The lowest BCUT2D eigenvalue weighted by Gasteiger charge is -2.24. The fourth-order valence-electron chi connectivity index (χ4n) is 2.50. The summed E-state index contributed by atoms with van der Waals surface area (Å²) >= 11 is 1.80. The Morgan fingerprint density at radius 2 is 2.04 bits per heavy atom. The zero-order valence-corrected chi connectivity index (χ0v) is 14.5. The molecule has 0 aliphatic carbocycles. The highest BCUT2D eigenvalue weighted by Gasteiger charge is 2.12. The molecule has 1 unspecified atom stereocenters. The van der Waals surface area contributed by atoms with Gasteiger partial charge >= 0.3 is 0 Å². The Labute approximate surface area is 143 Å². The van der Waals surface area contributed by atoms with Crippen molar-refractivity contribution in [3.05, 3.63) is 64.4 Å². The number of nitrogens with one attached hydrogen (secondary N) is 1. The van der Waals surface area contributed by atoms with Gasteiger partial charge in [0.15, 0.2) is 0 Å². The molecule has 0 saturated carbocycles.